The Morgan fingerprint density at radius 1 is 1.23 bits per heavy atom. The molecule has 6 heteroatoms. The highest BCUT2D eigenvalue weighted by Crippen LogP contribution is 2.25. The summed E-state index contributed by atoms with van der Waals surface area (Å²) in [5.74, 6) is 0.0789. The van der Waals surface area contributed by atoms with Gasteiger partial charge in [-0.3, -0.25) is 9.59 Å². The zero-order valence-corrected chi connectivity index (χ0v) is 13.2. The number of hydrogen-bond donors (Lipinski definition) is 1. The van der Waals surface area contributed by atoms with Gasteiger partial charge in [-0.2, -0.15) is 0 Å². The lowest BCUT2D eigenvalue weighted by Crippen LogP contribution is -2.30. The fourth-order valence-electron chi connectivity index (χ4n) is 1.74. The number of carbonyl (C=O) groups excluding carboxylic acids is 2. The lowest BCUT2D eigenvalue weighted by Gasteiger charge is -2.15. The Labute approximate surface area is 138 Å². The van der Waals surface area contributed by atoms with E-state index >= 15 is 0 Å². The van der Waals surface area contributed by atoms with E-state index in [1.807, 2.05) is 0 Å². The van der Waals surface area contributed by atoms with Crippen molar-refractivity contribution in [2.45, 2.75) is 13.0 Å². The van der Waals surface area contributed by atoms with Gasteiger partial charge in [-0.15, -0.1) is 0 Å². The Kier molecular flexibility index (Phi) is 5.41. The number of amides is 1. The van der Waals surface area contributed by atoms with Crippen LogP contribution in [-0.4, -0.2) is 18.3 Å². The van der Waals surface area contributed by atoms with Gasteiger partial charge >= 0.3 is 0 Å². The third kappa shape index (κ3) is 4.23. The predicted octanol–water partition coefficient (Wildman–Crippen LogP) is 4.21. The van der Waals surface area contributed by atoms with Crippen LogP contribution in [0.2, 0.25) is 10.0 Å². The second-order valence-electron chi connectivity index (χ2n) is 4.56. The molecule has 0 unspecified atom stereocenters. The number of hydrogen-bond acceptors (Lipinski definition) is 3. The average Bonchev–Trinajstić information content (AvgIpc) is 2.50. The molecule has 0 saturated heterocycles. The molecule has 0 fully saturated rings. The molecule has 1 N–H and O–H groups in total. The van der Waals surface area contributed by atoms with Crippen LogP contribution in [0.5, 0.6) is 5.75 Å². The van der Waals surface area contributed by atoms with Crippen LogP contribution in [0.1, 0.15) is 17.3 Å². The average molecular weight is 338 g/mol. The number of aldehydes is 1. The lowest BCUT2D eigenvalue weighted by molar-refractivity contribution is -0.122. The van der Waals surface area contributed by atoms with E-state index in [1.165, 1.54) is 6.07 Å². The molecule has 2 rings (SSSR count). The van der Waals surface area contributed by atoms with Crippen molar-refractivity contribution in [2.24, 2.45) is 0 Å². The van der Waals surface area contributed by atoms with Crippen molar-refractivity contribution in [3.63, 3.8) is 0 Å². The molecule has 0 radical (unpaired) electrons. The monoisotopic (exact) mass is 337 g/mol. The van der Waals surface area contributed by atoms with Gasteiger partial charge in [0.15, 0.2) is 6.10 Å². The summed E-state index contributed by atoms with van der Waals surface area (Å²) in [6.07, 6.45) is -0.0425. The normalized spacial score (nSPS) is 11.6. The van der Waals surface area contributed by atoms with Crippen LogP contribution in [0.4, 0.5) is 5.69 Å². The first-order valence-corrected chi connectivity index (χ1v) is 7.23. The summed E-state index contributed by atoms with van der Waals surface area (Å²) in [6.45, 7) is 1.60. The van der Waals surface area contributed by atoms with E-state index < -0.39 is 6.10 Å². The Bertz CT molecular complexity index is 704. The zero-order valence-electron chi connectivity index (χ0n) is 11.7. The Morgan fingerprint density at radius 3 is 2.68 bits per heavy atom. The van der Waals surface area contributed by atoms with Crippen LogP contribution in [0.3, 0.4) is 0 Å². The second kappa shape index (κ2) is 7.29. The number of ether oxygens (including phenoxy) is 1. The van der Waals surface area contributed by atoms with E-state index in [-0.39, 0.29) is 5.91 Å². The maximum Gasteiger partial charge on any atom is 0.265 e. The smallest absolute Gasteiger partial charge is 0.265 e. The number of anilines is 1. The van der Waals surface area contributed by atoms with Gasteiger partial charge < -0.3 is 10.1 Å². The number of benzene rings is 2. The molecule has 0 spiro atoms. The van der Waals surface area contributed by atoms with Gasteiger partial charge in [0.05, 0.1) is 10.7 Å². The summed E-state index contributed by atoms with van der Waals surface area (Å²) in [6, 6.07) is 11.3. The molecule has 0 aliphatic rings. The fraction of sp³-hybridized carbons (Fsp3) is 0.125. The van der Waals surface area contributed by atoms with Gasteiger partial charge in [0.1, 0.15) is 12.0 Å². The Morgan fingerprint density at radius 2 is 2.00 bits per heavy atom. The largest absolute Gasteiger partial charge is 0.481 e. The van der Waals surface area contributed by atoms with E-state index in [0.717, 1.165) is 0 Å². The van der Waals surface area contributed by atoms with E-state index in [9.17, 15) is 9.59 Å². The van der Waals surface area contributed by atoms with Crippen LogP contribution >= 0.6 is 23.2 Å². The fourth-order valence-corrected chi connectivity index (χ4v) is 2.20. The highest BCUT2D eigenvalue weighted by atomic mass is 35.5. The first kappa shape index (κ1) is 16.3. The lowest BCUT2D eigenvalue weighted by atomic mass is 10.2. The van der Waals surface area contributed by atoms with Crippen LogP contribution in [-0.2, 0) is 4.79 Å². The highest BCUT2D eigenvalue weighted by molar-refractivity contribution is 6.36. The highest BCUT2D eigenvalue weighted by Gasteiger charge is 2.16. The molecular formula is C16H13Cl2NO3. The molecule has 0 heterocycles. The summed E-state index contributed by atoms with van der Waals surface area (Å²) in [7, 11) is 0. The molecule has 0 bridgehead atoms. The van der Waals surface area contributed by atoms with Crippen molar-refractivity contribution in [1.82, 2.24) is 0 Å². The number of carbonyl (C=O) groups is 2. The molecule has 0 aliphatic heterocycles. The van der Waals surface area contributed by atoms with Crippen LogP contribution in [0, 0.1) is 0 Å². The first-order chi connectivity index (χ1) is 10.5. The van der Waals surface area contributed by atoms with Crippen molar-refractivity contribution in [2.75, 3.05) is 5.32 Å². The molecule has 0 aliphatic carbocycles. The van der Waals surface area contributed by atoms with Crippen molar-refractivity contribution in [3.05, 3.63) is 58.1 Å². The molecule has 2 aromatic carbocycles. The summed E-state index contributed by atoms with van der Waals surface area (Å²) in [5, 5.41) is 3.49. The van der Waals surface area contributed by atoms with Gasteiger partial charge in [0.25, 0.3) is 5.91 Å². The molecule has 114 valence electrons. The van der Waals surface area contributed by atoms with E-state index in [0.29, 0.717) is 33.3 Å². The van der Waals surface area contributed by atoms with Gasteiger partial charge in [-0.1, -0.05) is 35.3 Å². The van der Waals surface area contributed by atoms with Gasteiger partial charge in [-0.05, 0) is 37.3 Å². The van der Waals surface area contributed by atoms with E-state index in [2.05, 4.69) is 5.32 Å². The van der Waals surface area contributed by atoms with E-state index in [1.54, 1.807) is 43.3 Å². The Balaban J connectivity index is 2.04. The molecule has 4 nitrogen and oxygen atoms in total. The van der Waals surface area contributed by atoms with Gasteiger partial charge in [0, 0.05) is 10.6 Å². The third-order valence-corrected chi connectivity index (χ3v) is 3.41. The van der Waals surface area contributed by atoms with Crippen LogP contribution in [0.15, 0.2) is 42.5 Å². The summed E-state index contributed by atoms with van der Waals surface area (Å²) < 4.78 is 5.51. The predicted molar refractivity (Wildman–Crippen MR) is 87.0 cm³/mol. The number of rotatable bonds is 5. The minimum atomic E-state index is -0.756. The first-order valence-electron chi connectivity index (χ1n) is 6.47. The maximum absolute atomic E-state index is 12.1. The summed E-state index contributed by atoms with van der Waals surface area (Å²) >= 11 is 11.8. The zero-order chi connectivity index (χ0) is 16.1. The quantitative estimate of drug-likeness (QED) is 0.831. The summed E-state index contributed by atoms with van der Waals surface area (Å²) in [5.41, 5.74) is 0.930. The molecule has 0 aromatic heterocycles. The third-order valence-electron chi connectivity index (χ3n) is 2.87. The molecule has 1 amide bonds. The maximum atomic E-state index is 12.1. The molecule has 2 aromatic rings. The van der Waals surface area contributed by atoms with Crippen molar-refractivity contribution >= 4 is 41.1 Å². The topological polar surface area (TPSA) is 55.4 Å². The standard InChI is InChI=1S/C16H13Cl2NO3/c1-10(22-13-4-2-3-11(7-13)9-20)16(21)19-15-6-5-12(17)8-14(15)18/h2-10H,1H3,(H,19,21)/t10-/m0/s1. The van der Waals surface area contributed by atoms with Crippen molar-refractivity contribution in [3.8, 4) is 5.75 Å². The molecule has 1 atom stereocenters. The number of nitrogens with one attached hydrogen (secondary N) is 1. The second-order valence-corrected chi connectivity index (χ2v) is 5.41. The van der Waals surface area contributed by atoms with Gasteiger partial charge in [0.2, 0.25) is 0 Å². The molecule has 0 saturated carbocycles. The van der Waals surface area contributed by atoms with Gasteiger partial charge in [-0.25, -0.2) is 0 Å². The Hall–Kier alpha value is -2.04. The minimum Gasteiger partial charge on any atom is -0.481 e. The van der Waals surface area contributed by atoms with Crippen molar-refractivity contribution in [1.29, 1.82) is 0 Å². The minimum absolute atomic E-state index is 0.344. The number of halogens is 2. The van der Waals surface area contributed by atoms with Crippen molar-refractivity contribution < 1.29 is 14.3 Å². The van der Waals surface area contributed by atoms with E-state index in [4.69, 9.17) is 27.9 Å². The van der Waals surface area contributed by atoms with Crippen LogP contribution in [0.25, 0.3) is 0 Å². The summed E-state index contributed by atoms with van der Waals surface area (Å²) in [4.78, 5) is 22.8. The van der Waals surface area contributed by atoms with Crippen LogP contribution < -0.4 is 10.1 Å². The molecule has 22 heavy (non-hydrogen) atoms. The molecular weight excluding hydrogens is 325 g/mol. The SMILES string of the molecule is C[C@H](Oc1cccc(C=O)c1)C(=O)Nc1ccc(Cl)cc1Cl.